The van der Waals surface area contributed by atoms with Crippen molar-refractivity contribution in [3.05, 3.63) is 39.3 Å². The predicted molar refractivity (Wildman–Crippen MR) is 54.3 cm³/mol. The van der Waals surface area contributed by atoms with Gasteiger partial charge in [0.1, 0.15) is 6.29 Å². The van der Waals surface area contributed by atoms with Crippen molar-refractivity contribution in [1.29, 1.82) is 0 Å². The molecule has 3 heteroatoms. The van der Waals surface area contributed by atoms with Crippen LogP contribution in [0, 0.1) is 0 Å². The van der Waals surface area contributed by atoms with Crippen molar-refractivity contribution in [2.45, 2.75) is 0 Å². The van der Waals surface area contributed by atoms with Crippen LogP contribution in [0.5, 0.6) is 0 Å². The Bertz CT molecular complexity index is 320. The van der Waals surface area contributed by atoms with E-state index in [1.807, 2.05) is 12.1 Å². The number of halogens is 2. The normalized spacial score (nSPS) is 10.5. The minimum Gasteiger partial charge on any atom is -0.299 e. The van der Waals surface area contributed by atoms with Crippen LogP contribution in [-0.2, 0) is 4.79 Å². The molecule has 12 heavy (non-hydrogen) atoms. The zero-order chi connectivity index (χ0) is 8.97. The molecule has 0 unspecified atom stereocenters. The highest BCUT2D eigenvalue weighted by Crippen LogP contribution is 2.23. The van der Waals surface area contributed by atoms with Gasteiger partial charge in [0.15, 0.2) is 0 Å². The molecule has 0 spiro atoms. The van der Waals surface area contributed by atoms with E-state index in [9.17, 15) is 4.79 Å². The van der Waals surface area contributed by atoms with Crippen molar-refractivity contribution in [3.63, 3.8) is 0 Å². The van der Waals surface area contributed by atoms with E-state index in [0.717, 1.165) is 16.3 Å². The van der Waals surface area contributed by atoms with Crippen LogP contribution < -0.4 is 0 Å². The summed E-state index contributed by atoms with van der Waals surface area (Å²) in [6.07, 6.45) is 3.86. The van der Waals surface area contributed by atoms with Crippen LogP contribution >= 0.6 is 27.5 Å². The first-order valence-electron chi connectivity index (χ1n) is 3.31. The summed E-state index contributed by atoms with van der Waals surface area (Å²) in [6, 6.07) is 5.49. The number of benzene rings is 1. The molecule has 0 atom stereocenters. The Labute approximate surface area is 84.2 Å². The van der Waals surface area contributed by atoms with Gasteiger partial charge in [-0.15, -0.1) is 0 Å². The fourth-order valence-electron chi connectivity index (χ4n) is 0.766. The summed E-state index contributed by atoms with van der Waals surface area (Å²) in [5, 5.41) is 0.642. The summed E-state index contributed by atoms with van der Waals surface area (Å²) in [5.41, 5.74) is 0.912. The Balaban J connectivity index is 2.96. The van der Waals surface area contributed by atoms with Crippen molar-refractivity contribution in [1.82, 2.24) is 0 Å². The number of carbonyl (C=O) groups excluding carboxylic acids is 1. The van der Waals surface area contributed by atoms with E-state index in [2.05, 4.69) is 15.9 Å². The smallest absolute Gasteiger partial charge is 0.142 e. The minimum absolute atomic E-state index is 0.642. The molecular formula is C9H6BrClO. The Morgan fingerprint density at radius 2 is 2.17 bits per heavy atom. The first-order valence-corrected chi connectivity index (χ1v) is 4.48. The Kier molecular flexibility index (Phi) is 3.50. The Morgan fingerprint density at radius 1 is 1.42 bits per heavy atom. The maximum absolute atomic E-state index is 10.0. The maximum Gasteiger partial charge on any atom is 0.142 e. The topological polar surface area (TPSA) is 17.1 Å². The van der Waals surface area contributed by atoms with E-state index in [4.69, 9.17) is 11.6 Å². The number of hydrogen-bond acceptors (Lipinski definition) is 1. The highest BCUT2D eigenvalue weighted by molar-refractivity contribution is 9.10. The van der Waals surface area contributed by atoms with Crippen molar-refractivity contribution >= 4 is 39.9 Å². The minimum atomic E-state index is 0.642. The van der Waals surface area contributed by atoms with Crippen LogP contribution in [0.2, 0.25) is 5.02 Å². The zero-order valence-corrected chi connectivity index (χ0v) is 8.47. The SMILES string of the molecule is O=C/C=C/c1ccc(Br)c(Cl)c1. The molecule has 1 aromatic carbocycles. The summed E-state index contributed by atoms with van der Waals surface area (Å²) in [6.45, 7) is 0. The fourth-order valence-corrected chi connectivity index (χ4v) is 1.20. The molecule has 0 aliphatic heterocycles. The zero-order valence-electron chi connectivity index (χ0n) is 6.13. The summed E-state index contributed by atoms with van der Waals surface area (Å²) in [5.74, 6) is 0. The van der Waals surface area contributed by atoms with Crippen LogP contribution in [-0.4, -0.2) is 6.29 Å². The molecule has 1 aromatic rings. The van der Waals surface area contributed by atoms with Gasteiger partial charge in [-0.1, -0.05) is 23.7 Å². The molecule has 0 heterocycles. The third-order valence-corrected chi connectivity index (χ3v) is 2.54. The lowest BCUT2D eigenvalue weighted by Gasteiger charge is -1.96. The number of hydrogen-bond donors (Lipinski definition) is 0. The standard InChI is InChI=1S/C9H6BrClO/c10-8-4-3-7(2-1-5-12)6-9(8)11/h1-6H/b2-1+. The Hall–Kier alpha value is -0.600. The van der Waals surface area contributed by atoms with Gasteiger partial charge in [0.25, 0.3) is 0 Å². The molecular weight excluding hydrogens is 239 g/mol. The van der Waals surface area contributed by atoms with Gasteiger partial charge in [0.05, 0.1) is 5.02 Å². The van der Waals surface area contributed by atoms with E-state index in [0.29, 0.717) is 5.02 Å². The van der Waals surface area contributed by atoms with Gasteiger partial charge in [-0.3, -0.25) is 4.79 Å². The largest absolute Gasteiger partial charge is 0.299 e. The molecule has 62 valence electrons. The Morgan fingerprint density at radius 3 is 2.75 bits per heavy atom. The van der Waals surface area contributed by atoms with E-state index in [1.54, 1.807) is 12.1 Å². The number of rotatable bonds is 2. The second-order valence-corrected chi connectivity index (χ2v) is 3.43. The van der Waals surface area contributed by atoms with Gasteiger partial charge in [0, 0.05) is 4.47 Å². The molecule has 0 saturated carbocycles. The molecule has 1 nitrogen and oxygen atoms in total. The lowest BCUT2D eigenvalue weighted by molar-refractivity contribution is -0.104. The summed E-state index contributed by atoms with van der Waals surface area (Å²) >= 11 is 9.10. The maximum atomic E-state index is 10.0. The fraction of sp³-hybridized carbons (Fsp3) is 0. The van der Waals surface area contributed by atoms with E-state index in [1.165, 1.54) is 6.08 Å². The van der Waals surface area contributed by atoms with Gasteiger partial charge in [-0.2, -0.15) is 0 Å². The van der Waals surface area contributed by atoms with Crippen molar-refractivity contribution in [2.24, 2.45) is 0 Å². The van der Waals surface area contributed by atoms with Gasteiger partial charge in [-0.05, 0) is 39.7 Å². The van der Waals surface area contributed by atoms with Gasteiger partial charge in [-0.25, -0.2) is 0 Å². The van der Waals surface area contributed by atoms with E-state index < -0.39 is 0 Å². The second-order valence-electron chi connectivity index (χ2n) is 2.17. The van der Waals surface area contributed by atoms with Crippen LogP contribution in [0.3, 0.4) is 0 Å². The number of aldehydes is 1. The molecule has 0 fully saturated rings. The molecule has 0 bridgehead atoms. The number of allylic oxidation sites excluding steroid dienone is 1. The highest BCUT2D eigenvalue weighted by atomic mass is 79.9. The van der Waals surface area contributed by atoms with Crippen molar-refractivity contribution in [2.75, 3.05) is 0 Å². The summed E-state index contributed by atoms with van der Waals surface area (Å²) in [7, 11) is 0. The molecule has 0 aliphatic carbocycles. The quantitative estimate of drug-likeness (QED) is 0.577. The van der Waals surface area contributed by atoms with Crippen LogP contribution in [0.4, 0.5) is 0 Å². The van der Waals surface area contributed by atoms with Gasteiger partial charge in [0.2, 0.25) is 0 Å². The molecule has 0 aliphatic rings. The molecule has 0 radical (unpaired) electrons. The third-order valence-electron chi connectivity index (χ3n) is 1.31. The third kappa shape index (κ3) is 2.47. The van der Waals surface area contributed by atoms with E-state index in [-0.39, 0.29) is 0 Å². The monoisotopic (exact) mass is 244 g/mol. The number of carbonyl (C=O) groups is 1. The second kappa shape index (κ2) is 4.43. The van der Waals surface area contributed by atoms with Gasteiger partial charge >= 0.3 is 0 Å². The van der Waals surface area contributed by atoms with Gasteiger partial charge < -0.3 is 0 Å². The van der Waals surface area contributed by atoms with Crippen LogP contribution in [0.1, 0.15) is 5.56 Å². The molecule has 1 rings (SSSR count). The van der Waals surface area contributed by atoms with Crippen LogP contribution in [0.15, 0.2) is 28.7 Å². The first-order chi connectivity index (χ1) is 5.74. The molecule has 0 aromatic heterocycles. The molecule has 0 amide bonds. The van der Waals surface area contributed by atoms with Crippen molar-refractivity contribution < 1.29 is 4.79 Å². The van der Waals surface area contributed by atoms with Crippen molar-refractivity contribution in [3.8, 4) is 0 Å². The first kappa shape index (κ1) is 9.49. The predicted octanol–water partition coefficient (Wildman–Crippen LogP) is 3.31. The average Bonchev–Trinajstić information content (AvgIpc) is 2.07. The van der Waals surface area contributed by atoms with E-state index >= 15 is 0 Å². The lowest BCUT2D eigenvalue weighted by Crippen LogP contribution is -1.73. The summed E-state index contributed by atoms with van der Waals surface area (Å²) in [4.78, 5) is 10.0. The molecule has 0 saturated heterocycles. The highest BCUT2D eigenvalue weighted by Gasteiger charge is 1.95. The lowest BCUT2D eigenvalue weighted by atomic mass is 10.2. The van der Waals surface area contributed by atoms with Crippen LogP contribution in [0.25, 0.3) is 6.08 Å². The molecule has 0 N–H and O–H groups in total. The summed E-state index contributed by atoms with van der Waals surface area (Å²) < 4.78 is 0.854. The average molecular weight is 246 g/mol.